The topological polar surface area (TPSA) is 44.3 Å². The molecule has 0 bridgehead atoms. The van der Waals surface area contributed by atoms with Crippen LogP contribution >= 0.6 is 0 Å². The van der Waals surface area contributed by atoms with E-state index in [0.29, 0.717) is 6.04 Å². The van der Waals surface area contributed by atoms with E-state index in [1.165, 1.54) is 0 Å². The Morgan fingerprint density at radius 2 is 2.20 bits per heavy atom. The van der Waals surface area contributed by atoms with Crippen molar-refractivity contribution in [2.45, 2.75) is 25.0 Å². The number of hydrogen-bond donors (Lipinski definition) is 3. The summed E-state index contributed by atoms with van der Waals surface area (Å²) in [4.78, 5) is 0. The summed E-state index contributed by atoms with van der Waals surface area (Å²) >= 11 is 0. The highest BCUT2D eigenvalue weighted by molar-refractivity contribution is 4.95. The van der Waals surface area contributed by atoms with E-state index < -0.39 is 0 Å². The predicted molar refractivity (Wildman–Crippen MR) is 40.4 cm³/mol. The number of aliphatic hydroxyl groups is 1. The Kier molecular flexibility index (Phi) is 2.17. The van der Waals surface area contributed by atoms with Crippen molar-refractivity contribution in [2.24, 2.45) is 0 Å². The first-order valence-electron chi connectivity index (χ1n) is 3.53. The van der Waals surface area contributed by atoms with Gasteiger partial charge >= 0.3 is 0 Å². The Morgan fingerprint density at radius 3 is 2.60 bits per heavy atom. The molecule has 58 valence electrons. The molecule has 1 rings (SSSR count). The van der Waals surface area contributed by atoms with E-state index in [-0.39, 0.29) is 6.10 Å². The van der Waals surface area contributed by atoms with Crippen LogP contribution in [0.15, 0.2) is 12.4 Å². The summed E-state index contributed by atoms with van der Waals surface area (Å²) in [6, 6.07) is 0.426. The zero-order chi connectivity index (χ0) is 7.56. The highest BCUT2D eigenvalue weighted by Gasteiger charge is 2.26. The third kappa shape index (κ3) is 1.64. The molecule has 1 aliphatic rings. The molecule has 0 heterocycles. The zero-order valence-corrected chi connectivity index (χ0v) is 6.22. The molecule has 3 N–H and O–H groups in total. The second-order valence-corrected chi connectivity index (χ2v) is 2.70. The van der Waals surface area contributed by atoms with E-state index in [2.05, 4.69) is 17.2 Å². The van der Waals surface area contributed by atoms with Crippen molar-refractivity contribution >= 4 is 0 Å². The van der Waals surface area contributed by atoms with Gasteiger partial charge in [0.05, 0.1) is 11.9 Å². The molecule has 0 saturated heterocycles. The molecule has 0 aromatic rings. The lowest BCUT2D eigenvalue weighted by molar-refractivity contribution is 0.0659. The lowest BCUT2D eigenvalue weighted by Crippen LogP contribution is -2.45. The van der Waals surface area contributed by atoms with Crippen LogP contribution in [0.5, 0.6) is 0 Å². The number of nitrogens with one attached hydrogen (secondary N) is 2. The van der Waals surface area contributed by atoms with Crippen molar-refractivity contribution < 1.29 is 5.11 Å². The fourth-order valence-corrected chi connectivity index (χ4v) is 1.02. The van der Waals surface area contributed by atoms with Gasteiger partial charge in [0.2, 0.25) is 0 Å². The van der Waals surface area contributed by atoms with Gasteiger partial charge in [-0.25, -0.2) is 0 Å². The molecule has 3 heteroatoms. The molecule has 0 radical (unpaired) electrons. The summed E-state index contributed by atoms with van der Waals surface area (Å²) in [6.07, 6.45) is 1.60. The molecule has 0 unspecified atom stereocenters. The van der Waals surface area contributed by atoms with Gasteiger partial charge in [0.15, 0.2) is 0 Å². The zero-order valence-electron chi connectivity index (χ0n) is 6.22. The summed E-state index contributed by atoms with van der Waals surface area (Å²) in [5.41, 5.74) is 0. The van der Waals surface area contributed by atoms with Crippen molar-refractivity contribution in [1.82, 2.24) is 10.6 Å². The standard InChI is InChI=1S/C7H14N2O/c1-5(8-2)9-6-3-7(10)4-6/h6-10H,1,3-4H2,2H3. The van der Waals surface area contributed by atoms with Crippen LogP contribution in [0.1, 0.15) is 12.8 Å². The molecule has 0 spiro atoms. The van der Waals surface area contributed by atoms with Crippen LogP contribution in [-0.2, 0) is 0 Å². The lowest BCUT2D eigenvalue weighted by atomic mass is 9.90. The second-order valence-electron chi connectivity index (χ2n) is 2.70. The Balaban J connectivity index is 2.10. The molecule has 10 heavy (non-hydrogen) atoms. The van der Waals surface area contributed by atoms with Crippen molar-refractivity contribution in [3.8, 4) is 0 Å². The Bertz CT molecular complexity index is 130. The summed E-state index contributed by atoms with van der Waals surface area (Å²) in [6.45, 7) is 3.72. The quantitative estimate of drug-likeness (QED) is 0.511. The SMILES string of the molecule is C=C(NC)NC1CC(O)C1. The van der Waals surface area contributed by atoms with Crippen molar-refractivity contribution in [3.63, 3.8) is 0 Å². The van der Waals surface area contributed by atoms with Crippen molar-refractivity contribution in [1.29, 1.82) is 0 Å². The number of aliphatic hydroxyl groups excluding tert-OH is 1. The smallest absolute Gasteiger partial charge is 0.0911 e. The van der Waals surface area contributed by atoms with Crippen LogP contribution in [0.2, 0.25) is 0 Å². The first kappa shape index (κ1) is 7.41. The summed E-state index contributed by atoms with van der Waals surface area (Å²) in [7, 11) is 1.82. The molecule has 3 nitrogen and oxygen atoms in total. The molecule has 0 amide bonds. The predicted octanol–water partition coefficient (Wildman–Crippen LogP) is -0.210. The molecule has 1 fully saturated rings. The maximum Gasteiger partial charge on any atom is 0.0911 e. The van der Waals surface area contributed by atoms with Crippen LogP contribution in [0, 0.1) is 0 Å². The lowest BCUT2D eigenvalue weighted by Gasteiger charge is -2.33. The van der Waals surface area contributed by atoms with Crippen LogP contribution in [0.25, 0.3) is 0 Å². The number of rotatable bonds is 3. The van der Waals surface area contributed by atoms with Crippen LogP contribution in [-0.4, -0.2) is 24.3 Å². The van der Waals surface area contributed by atoms with E-state index in [0.717, 1.165) is 18.7 Å². The molecular weight excluding hydrogens is 128 g/mol. The monoisotopic (exact) mass is 142 g/mol. The van der Waals surface area contributed by atoms with Gasteiger partial charge in [0, 0.05) is 13.1 Å². The molecule has 0 atom stereocenters. The van der Waals surface area contributed by atoms with Gasteiger partial charge in [-0.05, 0) is 12.8 Å². The maximum absolute atomic E-state index is 8.91. The van der Waals surface area contributed by atoms with Gasteiger partial charge in [0.1, 0.15) is 0 Å². The fourth-order valence-electron chi connectivity index (χ4n) is 1.02. The van der Waals surface area contributed by atoms with Crippen LogP contribution in [0.3, 0.4) is 0 Å². The largest absolute Gasteiger partial charge is 0.393 e. The number of hydrogen-bond acceptors (Lipinski definition) is 3. The summed E-state index contributed by atoms with van der Waals surface area (Å²) < 4.78 is 0. The van der Waals surface area contributed by atoms with Crippen molar-refractivity contribution in [3.05, 3.63) is 12.4 Å². The average Bonchev–Trinajstić information content (AvgIpc) is 1.84. The Labute approximate surface area is 61.1 Å². The third-order valence-corrected chi connectivity index (χ3v) is 1.79. The molecule has 0 aliphatic heterocycles. The first-order chi connectivity index (χ1) is 4.72. The highest BCUT2D eigenvalue weighted by Crippen LogP contribution is 2.19. The van der Waals surface area contributed by atoms with E-state index in [4.69, 9.17) is 5.11 Å². The van der Waals surface area contributed by atoms with Gasteiger partial charge in [-0.15, -0.1) is 0 Å². The molecule has 1 saturated carbocycles. The Hall–Kier alpha value is -0.700. The van der Waals surface area contributed by atoms with E-state index in [1.54, 1.807) is 0 Å². The van der Waals surface area contributed by atoms with E-state index in [9.17, 15) is 0 Å². The first-order valence-corrected chi connectivity index (χ1v) is 3.53. The minimum absolute atomic E-state index is 0.0952. The Morgan fingerprint density at radius 1 is 1.60 bits per heavy atom. The maximum atomic E-state index is 8.91. The third-order valence-electron chi connectivity index (χ3n) is 1.79. The molecule has 1 aliphatic carbocycles. The van der Waals surface area contributed by atoms with Crippen LogP contribution in [0.4, 0.5) is 0 Å². The average molecular weight is 142 g/mol. The molecule has 0 aromatic heterocycles. The second kappa shape index (κ2) is 2.92. The van der Waals surface area contributed by atoms with Crippen molar-refractivity contribution in [2.75, 3.05) is 7.05 Å². The van der Waals surface area contributed by atoms with E-state index in [1.807, 2.05) is 7.05 Å². The minimum atomic E-state index is -0.0952. The minimum Gasteiger partial charge on any atom is -0.393 e. The van der Waals surface area contributed by atoms with Gasteiger partial charge in [-0.1, -0.05) is 6.58 Å². The normalized spacial score (nSPS) is 30.6. The van der Waals surface area contributed by atoms with Gasteiger partial charge in [-0.2, -0.15) is 0 Å². The molecular formula is C7H14N2O. The molecule has 0 aromatic carbocycles. The van der Waals surface area contributed by atoms with E-state index >= 15 is 0 Å². The van der Waals surface area contributed by atoms with Crippen LogP contribution < -0.4 is 10.6 Å². The van der Waals surface area contributed by atoms with Gasteiger partial charge in [-0.3, -0.25) is 0 Å². The van der Waals surface area contributed by atoms with Gasteiger partial charge in [0.25, 0.3) is 0 Å². The van der Waals surface area contributed by atoms with Gasteiger partial charge < -0.3 is 15.7 Å². The summed E-state index contributed by atoms with van der Waals surface area (Å²) in [5, 5.41) is 14.9. The highest BCUT2D eigenvalue weighted by atomic mass is 16.3. The fraction of sp³-hybridized carbons (Fsp3) is 0.714. The summed E-state index contributed by atoms with van der Waals surface area (Å²) in [5.74, 6) is 0.830.